The SMILES string of the molecule is CC1CCCCC1NC1CCc2cccnc21. The van der Waals surface area contributed by atoms with E-state index in [0.29, 0.717) is 12.1 Å². The zero-order valence-corrected chi connectivity index (χ0v) is 10.7. The maximum Gasteiger partial charge on any atom is 0.0605 e. The average molecular weight is 230 g/mol. The molecule has 1 heterocycles. The molecule has 1 saturated carbocycles. The highest BCUT2D eigenvalue weighted by Gasteiger charge is 2.28. The number of fused-ring (bicyclic) bond motifs is 1. The molecule has 2 nitrogen and oxygen atoms in total. The van der Waals surface area contributed by atoms with Crippen LogP contribution in [0.15, 0.2) is 18.3 Å². The van der Waals surface area contributed by atoms with Gasteiger partial charge in [-0.1, -0.05) is 25.8 Å². The number of aryl methyl sites for hydroxylation is 1. The van der Waals surface area contributed by atoms with Crippen LogP contribution in [-0.4, -0.2) is 11.0 Å². The largest absolute Gasteiger partial charge is 0.306 e. The third-order valence-corrected chi connectivity index (χ3v) is 4.49. The van der Waals surface area contributed by atoms with Gasteiger partial charge in [0.25, 0.3) is 0 Å². The van der Waals surface area contributed by atoms with Gasteiger partial charge >= 0.3 is 0 Å². The summed E-state index contributed by atoms with van der Waals surface area (Å²) < 4.78 is 0. The van der Waals surface area contributed by atoms with Crippen LogP contribution in [0.25, 0.3) is 0 Å². The lowest BCUT2D eigenvalue weighted by molar-refractivity contribution is 0.257. The maximum absolute atomic E-state index is 4.57. The van der Waals surface area contributed by atoms with Gasteiger partial charge in [0.1, 0.15) is 0 Å². The van der Waals surface area contributed by atoms with Gasteiger partial charge in [-0.2, -0.15) is 0 Å². The highest BCUT2D eigenvalue weighted by Crippen LogP contribution is 2.32. The summed E-state index contributed by atoms with van der Waals surface area (Å²) in [6.07, 6.45) is 9.91. The molecule has 2 aliphatic rings. The Morgan fingerprint density at radius 1 is 1.24 bits per heavy atom. The van der Waals surface area contributed by atoms with Gasteiger partial charge in [-0.15, -0.1) is 0 Å². The molecule has 1 N–H and O–H groups in total. The van der Waals surface area contributed by atoms with Gasteiger partial charge in [0.05, 0.1) is 11.7 Å². The summed E-state index contributed by atoms with van der Waals surface area (Å²) in [7, 11) is 0. The van der Waals surface area contributed by atoms with E-state index >= 15 is 0 Å². The minimum absolute atomic E-state index is 0.511. The summed E-state index contributed by atoms with van der Waals surface area (Å²) in [6.45, 7) is 2.39. The van der Waals surface area contributed by atoms with Crippen molar-refractivity contribution in [1.82, 2.24) is 10.3 Å². The molecule has 2 aliphatic carbocycles. The Labute approximate surface area is 104 Å². The lowest BCUT2D eigenvalue weighted by atomic mass is 9.85. The van der Waals surface area contributed by atoms with Crippen LogP contribution in [0.3, 0.4) is 0 Å². The number of pyridine rings is 1. The number of nitrogens with one attached hydrogen (secondary N) is 1. The Bertz CT molecular complexity index is 388. The van der Waals surface area contributed by atoms with Gasteiger partial charge in [0.15, 0.2) is 0 Å². The van der Waals surface area contributed by atoms with E-state index in [1.54, 1.807) is 0 Å². The van der Waals surface area contributed by atoms with Gasteiger partial charge in [-0.3, -0.25) is 4.98 Å². The molecule has 92 valence electrons. The third kappa shape index (κ3) is 2.23. The van der Waals surface area contributed by atoms with Crippen LogP contribution < -0.4 is 5.32 Å². The van der Waals surface area contributed by atoms with Crippen LogP contribution in [0.1, 0.15) is 56.3 Å². The second-order valence-corrected chi connectivity index (χ2v) is 5.67. The Morgan fingerprint density at radius 2 is 2.12 bits per heavy atom. The molecule has 2 heteroatoms. The van der Waals surface area contributed by atoms with Crippen molar-refractivity contribution in [3.63, 3.8) is 0 Å². The second-order valence-electron chi connectivity index (χ2n) is 5.67. The van der Waals surface area contributed by atoms with E-state index in [-0.39, 0.29) is 0 Å². The topological polar surface area (TPSA) is 24.9 Å². The third-order valence-electron chi connectivity index (χ3n) is 4.49. The minimum atomic E-state index is 0.511. The smallest absolute Gasteiger partial charge is 0.0605 e. The van der Waals surface area contributed by atoms with E-state index in [4.69, 9.17) is 0 Å². The van der Waals surface area contributed by atoms with Crippen molar-refractivity contribution < 1.29 is 0 Å². The summed E-state index contributed by atoms with van der Waals surface area (Å²) in [5.41, 5.74) is 2.76. The Balaban J connectivity index is 1.70. The quantitative estimate of drug-likeness (QED) is 0.843. The summed E-state index contributed by atoms with van der Waals surface area (Å²) in [6, 6.07) is 5.51. The second kappa shape index (κ2) is 4.77. The monoisotopic (exact) mass is 230 g/mol. The molecule has 0 radical (unpaired) electrons. The van der Waals surface area contributed by atoms with E-state index in [2.05, 4.69) is 29.4 Å². The van der Waals surface area contributed by atoms with Crippen molar-refractivity contribution in [3.05, 3.63) is 29.6 Å². The van der Waals surface area contributed by atoms with E-state index in [0.717, 1.165) is 5.92 Å². The Hall–Kier alpha value is -0.890. The maximum atomic E-state index is 4.57. The molecule has 0 aromatic carbocycles. The fraction of sp³-hybridized carbons (Fsp3) is 0.667. The molecule has 1 fully saturated rings. The van der Waals surface area contributed by atoms with Crippen molar-refractivity contribution in [2.24, 2.45) is 5.92 Å². The first kappa shape index (κ1) is 11.2. The molecule has 17 heavy (non-hydrogen) atoms. The van der Waals surface area contributed by atoms with Crippen LogP contribution in [0.5, 0.6) is 0 Å². The molecule has 1 aromatic heterocycles. The summed E-state index contributed by atoms with van der Waals surface area (Å²) in [5.74, 6) is 0.830. The zero-order chi connectivity index (χ0) is 11.7. The van der Waals surface area contributed by atoms with Gasteiger partial charge in [-0.05, 0) is 43.2 Å². The summed E-state index contributed by atoms with van der Waals surface area (Å²) in [4.78, 5) is 4.57. The standard InChI is InChI=1S/C15H22N2/c1-11-5-2-3-7-13(11)17-14-9-8-12-6-4-10-16-15(12)14/h4,6,10-11,13-14,17H,2-3,5,7-9H2,1H3. The fourth-order valence-electron chi connectivity index (χ4n) is 3.40. The van der Waals surface area contributed by atoms with Crippen LogP contribution in [0.2, 0.25) is 0 Å². The summed E-state index contributed by atoms with van der Waals surface area (Å²) >= 11 is 0. The zero-order valence-electron chi connectivity index (χ0n) is 10.7. The molecule has 0 amide bonds. The molecular formula is C15H22N2. The minimum Gasteiger partial charge on any atom is -0.306 e. The summed E-state index contributed by atoms with van der Waals surface area (Å²) in [5, 5.41) is 3.86. The Kier molecular flexibility index (Phi) is 3.15. The number of aromatic nitrogens is 1. The molecule has 0 aliphatic heterocycles. The molecule has 0 bridgehead atoms. The fourth-order valence-corrected chi connectivity index (χ4v) is 3.40. The first-order valence-electron chi connectivity index (χ1n) is 7.04. The van der Waals surface area contributed by atoms with E-state index in [1.807, 2.05) is 6.20 Å². The number of hydrogen-bond donors (Lipinski definition) is 1. The van der Waals surface area contributed by atoms with Gasteiger partial charge in [0.2, 0.25) is 0 Å². The molecule has 0 saturated heterocycles. The van der Waals surface area contributed by atoms with Gasteiger partial charge in [0, 0.05) is 12.2 Å². The van der Waals surface area contributed by atoms with Crippen LogP contribution in [0, 0.1) is 5.92 Å². The molecule has 1 aromatic rings. The first-order chi connectivity index (χ1) is 8.34. The van der Waals surface area contributed by atoms with Crippen molar-refractivity contribution in [3.8, 4) is 0 Å². The van der Waals surface area contributed by atoms with Crippen molar-refractivity contribution >= 4 is 0 Å². The van der Waals surface area contributed by atoms with Crippen LogP contribution >= 0.6 is 0 Å². The van der Waals surface area contributed by atoms with Crippen molar-refractivity contribution in [2.75, 3.05) is 0 Å². The molecule has 3 rings (SSSR count). The van der Waals surface area contributed by atoms with Crippen LogP contribution in [0.4, 0.5) is 0 Å². The van der Waals surface area contributed by atoms with Crippen LogP contribution in [-0.2, 0) is 6.42 Å². The molecule has 0 spiro atoms. The Morgan fingerprint density at radius 3 is 3.00 bits per heavy atom. The number of rotatable bonds is 2. The highest BCUT2D eigenvalue weighted by atomic mass is 15.0. The van der Waals surface area contributed by atoms with E-state index < -0.39 is 0 Å². The van der Waals surface area contributed by atoms with Gasteiger partial charge < -0.3 is 5.32 Å². The number of hydrogen-bond acceptors (Lipinski definition) is 2. The van der Waals surface area contributed by atoms with Crippen molar-refractivity contribution in [1.29, 1.82) is 0 Å². The average Bonchev–Trinajstić information content (AvgIpc) is 2.76. The predicted octanol–water partition coefficient (Wildman–Crippen LogP) is 3.24. The van der Waals surface area contributed by atoms with E-state index in [1.165, 1.54) is 49.8 Å². The molecule has 3 atom stereocenters. The number of nitrogens with zero attached hydrogens (tertiary/aromatic N) is 1. The van der Waals surface area contributed by atoms with Crippen molar-refractivity contribution in [2.45, 2.75) is 57.5 Å². The molecular weight excluding hydrogens is 208 g/mol. The lowest BCUT2D eigenvalue weighted by Gasteiger charge is -2.32. The van der Waals surface area contributed by atoms with Gasteiger partial charge in [-0.25, -0.2) is 0 Å². The lowest BCUT2D eigenvalue weighted by Crippen LogP contribution is -2.39. The predicted molar refractivity (Wildman–Crippen MR) is 69.9 cm³/mol. The van der Waals surface area contributed by atoms with E-state index in [9.17, 15) is 0 Å². The normalized spacial score (nSPS) is 32.4. The first-order valence-corrected chi connectivity index (χ1v) is 7.04. The highest BCUT2D eigenvalue weighted by molar-refractivity contribution is 5.28. The molecule has 3 unspecified atom stereocenters.